The van der Waals surface area contributed by atoms with Crippen molar-refractivity contribution in [2.45, 2.75) is 64.4 Å². The van der Waals surface area contributed by atoms with Gasteiger partial charge >= 0.3 is 6.09 Å². The van der Waals surface area contributed by atoms with Gasteiger partial charge in [0.2, 0.25) is 0 Å². The summed E-state index contributed by atoms with van der Waals surface area (Å²) in [5.41, 5.74) is 0.684. The van der Waals surface area contributed by atoms with Gasteiger partial charge in [-0.1, -0.05) is 30.3 Å². The van der Waals surface area contributed by atoms with Crippen molar-refractivity contribution in [3.8, 4) is 0 Å². The second kappa shape index (κ2) is 6.94. The summed E-state index contributed by atoms with van der Waals surface area (Å²) < 4.78 is 11.3. The van der Waals surface area contributed by atoms with E-state index in [9.17, 15) is 4.79 Å². The number of carbonyl (C=O) groups is 1. The van der Waals surface area contributed by atoms with Crippen molar-refractivity contribution >= 4 is 6.09 Å². The molecule has 1 amide bonds. The van der Waals surface area contributed by atoms with Gasteiger partial charge in [-0.3, -0.25) is 0 Å². The van der Waals surface area contributed by atoms with Crippen molar-refractivity contribution in [1.82, 2.24) is 5.32 Å². The third-order valence-electron chi connectivity index (χ3n) is 3.46. The van der Waals surface area contributed by atoms with E-state index in [2.05, 4.69) is 5.32 Å². The average molecular weight is 291 g/mol. The van der Waals surface area contributed by atoms with E-state index in [0.29, 0.717) is 6.61 Å². The SMILES string of the molecule is CC(C)(C)OC(=O)NC1CCCC1OCc1ccccc1. The Kier molecular flexibility index (Phi) is 5.23. The molecule has 0 aromatic heterocycles. The third kappa shape index (κ3) is 5.38. The molecule has 116 valence electrons. The smallest absolute Gasteiger partial charge is 0.407 e. The maximum Gasteiger partial charge on any atom is 0.407 e. The van der Waals surface area contributed by atoms with E-state index in [-0.39, 0.29) is 18.2 Å². The maximum absolute atomic E-state index is 11.8. The molecule has 4 nitrogen and oxygen atoms in total. The normalized spacial score (nSPS) is 22.0. The highest BCUT2D eigenvalue weighted by Crippen LogP contribution is 2.23. The van der Waals surface area contributed by atoms with Crippen LogP contribution in [0.25, 0.3) is 0 Å². The van der Waals surface area contributed by atoms with E-state index < -0.39 is 5.60 Å². The molecule has 0 aliphatic heterocycles. The van der Waals surface area contributed by atoms with Crippen LogP contribution >= 0.6 is 0 Å². The molecule has 1 N–H and O–H groups in total. The number of ether oxygens (including phenoxy) is 2. The molecule has 2 rings (SSSR count). The van der Waals surface area contributed by atoms with E-state index in [0.717, 1.165) is 24.8 Å². The van der Waals surface area contributed by atoms with Crippen LogP contribution in [0.15, 0.2) is 30.3 Å². The van der Waals surface area contributed by atoms with Crippen LogP contribution in [-0.4, -0.2) is 23.8 Å². The predicted octanol–water partition coefficient (Wildman–Crippen LogP) is 3.65. The molecular weight excluding hydrogens is 266 g/mol. The minimum absolute atomic E-state index is 0.0450. The second-order valence-corrected chi connectivity index (χ2v) is 6.52. The molecular formula is C17H25NO3. The monoisotopic (exact) mass is 291 g/mol. The zero-order valence-corrected chi connectivity index (χ0v) is 13.1. The molecule has 1 fully saturated rings. The lowest BCUT2D eigenvalue weighted by molar-refractivity contribution is 0.0166. The summed E-state index contributed by atoms with van der Waals surface area (Å²) in [6.07, 6.45) is 2.70. The van der Waals surface area contributed by atoms with Crippen molar-refractivity contribution in [2.75, 3.05) is 0 Å². The van der Waals surface area contributed by atoms with Gasteiger partial charge in [-0.15, -0.1) is 0 Å². The molecule has 2 unspecified atom stereocenters. The van der Waals surface area contributed by atoms with Crippen LogP contribution in [-0.2, 0) is 16.1 Å². The number of rotatable bonds is 4. The Labute approximate surface area is 126 Å². The lowest BCUT2D eigenvalue weighted by atomic mass is 10.2. The number of benzene rings is 1. The lowest BCUT2D eigenvalue weighted by Gasteiger charge is -2.25. The molecule has 0 saturated heterocycles. The first kappa shape index (κ1) is 15.8. The first-order valence-electron chi connectivity index (χ1n) is 7.59. The molecule has 1 saturated carbocycles. The number of hydrogen-bond donors (Lipinski definition) is 1. The Morgan fingerprint density at radius 1 is 1.24 bits per heavy atom. The molecule has 1 aromatic rings. The zero-order chi connectivity index (χ0) is 15.3. The Bertz CT molecular complexity index is 453. The average Bonchev–Trinajstić information content (AvgIpc) is 2.82. The van der Waals surface area contributed by atoms with E-state index in [1.807, 2.05) is 51.1 Å². The standard InChI is InChI=1S/C17H25NO3/c1-17(2,3)21-16(19)18-14-10-7-11-15(14)20-12-13-8-5-4-6-9-13/h4-6,8-9,14-15H,7,10-12H2,1-3H3,(H,18,19). The van der Waals surface area contributed by atoms with E-state index in [4.69, 9.17) is 9.47 Å². The highest BCUT2D eigenvalue weighted by molar-refractivity contribution is 5.68. The molecule has 2 atom stereocenters. The highest BCUT2D eigenvalue weighted by Gasteiger charge is 2.30. The summed E-state index contributed by atoms with van der Waals surface area (Å²) in [5, 5.41) is 2.94. The largest absolute Gasteiger partial charge is 0.444 e. The van der Waals surface area contributed by atoms with Crippen LogP contribution in [0.1, 0.15) is 45.6 Å². The van der Waals surface area contributed by atoms with Crippen molar-refractivity contribution in [1.29, 1.82) is 0 Å². The summed E-state index contributed by atoms with van der Waals surface area (Å²) in [6, 6.07) is 10.1. The van der Waals surface area contributed by atoms with Gasteiger partial charge in [0.15, 0.2) is 0 Å². The summed E-state index contributed by atoms with van der Waals surface area (Å²) >= 11 is 0. The van der Waals surface area contributed by atoms with E-state index >= 15 is 0 Å². The number of nitrogens with one attached hydrogen (secondary N) is 1. The van der Waals surface area contributed by atoms with Crippen molar-refractivity contribution in [3.05, 3.63) is 35.9 Å². The summed E-state index contributed by atoms with van der Waals surface area (Å²) in [7, 11) is 0. The topological polar surface area (TPSA) is 47.6 Å². The number of amides is 1. The van der Waals surface area contributed by atoms with Gasteiger partial charge in [-0.2, -0.15) is 0 Å². The van der Waals surface area contributed by atoms with Gasteiger partial charge in [0.05, 0.1) is 18.8 Å². The Hall–Kier alpha value is -1.55. The summed E-state index contributed by atoms with van der Waals surface area (Å²) in [6.45, 7) is 6.18. The minimum atomic E-state index is -0.469. The predicted molar refractivity (Wildman–Crippen MR) is 82.0 cm³/mol. The van der Waals surface area contributed by atoms with Crippen molar-refractivity contribution < 1.29 is 14.3 Å². The van der Waals surface area contributed by atoms with Crippen LogP contribution in [0.4, 0.5) is 4.79 Å². The Morgan fingerprint density at radius 2 is 1.95 bits per heavy atom. The first-order chi connectivity index (χ1) is 9.94. The van der Waals surface area contributed by atoms with Gasteiger partial charge in [-0.25, -0.2) is 4.79 Å². The van der Waals surface area contributed by atoms with Crippen molar-refractivity contribution in [2.24, 2.45) is 0 Å². The maximum atomic E-state index is 11.8. The number of hydrogen-bond acceptors (Lipinski definition) is 3. The quantitative estimate of drug-likeness (QED) is 0.921. The molecule has 1 aliphatic rings. The van der Waals surface area contributed by atoms with Gasteiger partial charge < -0.3 is 14.8 Å². The molecule has 4 heteroatoms. The van der Waals surface area contributed by atoms with Crippen LogP contribution in [0.2, 0.25) is 0 Å². The van der Waals surface area contributed by atoms with Crippen LogP contribution in [0.3, 0.4) is 0 Å². The zero-order valence-electron chi connectivity index (χ0n) is 13.1. The van der Waals surface area contributed by atoms with Gasteiger partial charge in [0.25, 0.3) is 0 Å². The van der Waals surface area contributed by atoms with Crippen molar-refractivity contribution in [3.63, 3.8) is 0 Å². The fourth-order valence-corrected chi connectivity index (χ4v) is 2.53. The second-order valence-electron chi connectivity index (χ2n) is 6.52. The minimum Gasteiger partial charge on any atom is -0.444 e. The fraction of sp³-hybridized carbons (Fsp3) is 0.588. The molecule has 21 heavy (non-hydrogen) atoms. The number of carbonyl (C=O) groups excluding carboxylic acids is 1. The molecule has 1 aromatic carbocycles. The van der Waals surface area contributed by atoms with Crippen LogP contribution < -0.4 is 5.32 Å². The van der Waals surface area contributed by atoms with Gasteiger partial charge in [0, 0.05) is 0 Å². The van der Waals surface area contributed by atoms with Gasteiger partial charge in [0.1, 0.15) is 5.60 Å². The van der Waals surface area contributed by atoms with Gasteiger partial charge in [-0.05, 0) is 45.6 Å². The highest BCUT2D eigenvalue weighted by atomic mass is 16.6. The third-order valence-corrected chi connectivity index (χ3v) is 3.46. The summed E-state index contributed by atoms with van der Waals surface area (Å²) in [4.78, 5) is 11.8. The molecule has 0 radical (unpaired) electrons. The van der Waals surface area contributed by atoms with E-state index in [1.54, 1.807) is 0 Å². The molecule has 0 bridgehead atoms. The van der Waals surface area contributed by atoms with Crippen LogP contribution in [0.5, 0.6) is 0 Å². The fourth-order valence-electron chi connectivity index (χ4n) is 2.53. The number of alkyl carbamates (subject to hydrolysis) is 1. The molecule has 1 aliphatic carbocycles. The first-order valence-corrected chi connectivity index (χ1v) is 7.59. The van der Waals surface area contributed by atoms with Crippen LogP contribution in [0, 0.1) is 0 Å². The lowest BCUT2D eigenvalue weighted by Crippen LogP contribution is -2.43. The summed E-state index contributed by atoms with van der Waals surface area (Å²) in [5.74, 6) is 0. The van der Waals surface area contributed by atoms with E-state index in [1.165, 1.54) is 0 Å². The Morgan fingerprint density at radius 3 is 2.62 bits per heavy atom. The molecule has 0 heterocycles. The Balaban J connectivity index is 1.81. The molecule has 0 spiro atoms.